The van der Waals surface area contributed by atoms with Crippen LogP contribution in [0.4, 0.5) is 0 Å². The fraction of sp³-hybridized carbons (Fsp3) is 0.467. The molecule has 0 aromatic heterocycles. The van der Waals surface area contributed by atoms with Gasteiger partial charge in [0.2, 0.25) is 11.8 Å². The zero-order valence-electron chi connectivity index (χ0n) is 11.5. The van der Waals surface area contributed by atoms with E-state index in [0.29, 0.717) is 13.0 Å². The van der Waals surface area contributed by atoms with Gasteiger partial charge in [0, 0.05) is 6.54 Å². The minimum absolute atomic E-state index is 0.0321. The van der Waals surface area contributed by atoms with Crippen molar-refractivity contribution in [3.63, 3.8) is 0 Å². The second-order valence-electron chi connectivity index (χ2n) is 5.03. The van der Waals surface area contributed by atoms with E-state index in [1.165, 1.54) is 0 Å². The zero-order chi connectivity index (χ0) is 13.8. The molecule has 1 aliphatic rings. The minimum atomic E-state index is -0.352. The second kappa shape index (κ2) is 5.87. The van der Waals surface area contributed by atoms with Crippen molar-refractivity contribution in [2.75, 3.05) is 6.54 Å². The molecule has 1 aromatic carbocycles. The summed E-state index contributed by atoms with van der Waals surface area (Å²) in [6, 6.07) is 7.61. The van der Waals surface area contributed by atoms with Crippen molar-refractivity contribution < 1.29 is 9.59 Å². The highest BCUT2D eigenvalue weighted by Crippen LogP contribution is 2.14. The molecule has 0 bridgehead atoms. The van der Waals surface area contributed by atoms with Gasteiger partial charge >= 0.3 is 0 Å². The smallest absolute Gasteiger partial charge is 0.245 e. The van der Waals surface area contributed by atoms with Crippen LogP contribution in [0.1, 0.15) is 30.9 Å². The largest absolute Gasteiger partial charge is 0.343 e. The molecular formula is C15H20N2O2. The Labute approximate surface area is 113 Å². The van der Waals surface area contributed by atoms with Gasteiger partial charge in [-0.2, -0.15) is 0 Å². The minimum Gasteiger partial charge on any atom is -0.343 e. The third-order valence-corrected chi connectivity index (χ3v) is 3.48. The molecular weight excluding hydrogens is 240 g/mol. The van der Waals surface area contributed by atoms with E-state index in [9.17, 15) is 9.59 Å². The van der Waals surface area contributed by atoms with Gasteiger partial charge in [0.15, 0.2) is 0 Å². The standard InChI is InChI=1S/C15H20N2O2/c1-3-6-13-15(19)17(10-14(18)16-13)9-12-8-5-4-7-11(12)2/h4-5,7-8,13H,3,6,9-10H2,1-2H3,(H,16,18). The number of rotatable bonds is 4. The number of carbonyl (C=O) groups is 2. The quantitative estimate of drug-likeness (QED) is 0.894. The summed E-state index contributed by atoms with van der Waals surface area (Å²) in [6.45, 7) is 4.71. The van der Waals surface area contributed by atoms with Crippen molar-refractivity contribution in [3.05, 3.63) is 35.4 Å². The van der Waals surface area contributed by atoms with Gasteiger partial charge in [-0.15, -0.1) is 0 Å². The van der Waals surface area contributed by atoms with E-state index in [1.54, 1.807) is 4.90 Å². The van der Waals surface area contributed by atoms with E-state index in [0.717, 1.165) is 17.5 Å². The van der Waals surface area contributed by atoms with E-state index in [4.69, 9.17) is 0 Å². The number of nitrogens with one attached hydrogen (secondary N) is 1. The first-order chi connectivity index (χ1) is 9.11. The van der Waals surface area contributed by atoms with Gasteiger partial charge in [-0.3, -0.25) is 9.59 Å². The van der Waals surface area contributed by atoms with Crippen LogP contribution in [0.15, 0.2) is 24.3 Å². The first-order valence-corrected chi connectivity index (χ1v) is 6.74. The number of aryl methyl sites for hydroxylation is 1. The van der Waals surface area contributed by atoms with Gasteiger partial charge in [-0.05, 0) is 24.5 Å². The lowest BCUT2D eigenvalue weighted by Gasteiger charge is -2.32. The second-order valence-corrected chi connectivity index (χ2v) is 5.03. The summed E-state index contributed by atoms with van der Waals surface area (Å²) >= 11 is 0. The fourth-order valence-electron chi connectivity index (χ4n) is 2.38. The first kappa shape index (κ1) is 13.6. The van der Waals surface area contributed by atoms with Crippen molar-refractivity contribution in [3.8, 4) is 0 Å². The molecule has 1 aromatic rings. The van der Waals surface area contributed by atoms with Gasteiger partial charge in [-0.25, -0.2) is 0 Å². The van der Waals surface area contributed by atoms with Crippen LogP contribution in [0.5, 0.6) is 0 Å². The maximum atomic E-state index is 12.3. The highest BCUT2D eigenvalue weighted by molar-refractivity contribution is 5.94. The molecule has 1 unspecified atom stereocenters. The molecule has 1 aliphatic heterocycles. The van der Waals surface area contributed by atoms with Crippen LogP contribution in [0, 0.1) is 6.92 Å². The van der Waals surface area contributed by atoms with Gasteiger partial charge in [-0.1, -0.05) is 37.6 Å². The van der Waals surface area contributed by atoms with E-state index in [-0.39, 0.29) is 24.4 Å². The number of nitrogens with zero attached hydrogens (tertiary/aromatic N) is 1. The van der Waals surface area contributed by atoms with E-state index in [1.807, 2.05) is 38.1 Å². The SMILES string of the molecule is CCCC1NC(=O)CN(Cc2ccccc2C)C1=O. The van der Waals surface area contributed by atoms with Crippen molar-refractivity contribution in [2.24, 2.45) is 0 Å². The molecule has 1 atom stereocenters. The Bertz CT molecular complexity index is 485. The molecule has 2 rings (SSSR count). The van der Waals surface area contributed by atoms with E-state index in [2.05, 4.69) is 5.32 Å². The van der Waals surface area contributed by atoms with Gasteiger partial charge < -0.3 is 10.2 Å². The van der Waals surface area contributed by atoms with Crippen LogP contribution >= 0.6 is 0 Å². The van der Waals surface area contributed by atoms with E-state index < -0.39 is 0 Å². The van der Waals surface area contributed by atoms with Crippen LogP contribution < -0.4 is 5.32 Å². The Morgan fingerprint density at radius 3 is 2.74 bits per heavy atom. The fourth-order valence-corrected chi connectivity index (χ4v) is 2.38. The number of hydrogen-bond donors (Lipinski definition) is 1. The molecule has 1 N–H and O–H groups in total. The molecule has 1 saturated heterocycles. The van der Waals surface area contributed by atoms with E-state index >= 15 is 0 Å². The lowest BCUT2D eigenvalue weighted by molar-refractivity contribution is -0.145. The Morgan fingerprint density at radius 1 is 1.32 bits per heavy atom. The Morgan fingerprint density at radius 2 is 2.05 bits per heavy atom. The lowest BCUT2D eigenvalue weighted by Crippen LogP contribution is -2.57. The van der Waals surface area contributed by atoms with Gasteiger partial charge in [0.1, 0.15) is 6.04 Å². The predicted molar refractivity (Wildman–Crippen MR) is 73.4 cm³/mol. The maximum absolute atomic E-state index is 12.3. The van der Waals surface area contributed by atoms with Crippen molar-refractivity contribution in [2.45, 2.75) is 39.3 Å². The lowest BCUT2D eigenvalue weighted by atomic mass is 10.1. The summed E-state index contributed by atoms with van der Waals surface area (Å²) in [4.78, 5) is 25.6. The molecule has 1 fully saturated rings. The third-order valence-electron chi connectivity index (χ3n) is 3.48. The van der Waals surface area contributed by atoms with Crippen LogP contribution in [-0.4, -0.2) is 29.3 Å². The molecule has 2 amide bonds. The summed E-state index contributed by atoms with van der Waals surface area (Å²) in [5.74, 6) is -0.0312. The molecule has 1 heterocycles. The molecule has 0 saturated carbocycles. The molecule has 0 spiro atoms. The van der Waals surface area contributed by atoms with Crippen LogP contribution in [0.25, 0.3) is 0 Å². The Kier molecular flexibility index (Phi) is 4.20. The average molecular weight is 260 g/mol. The topological polar surface area (TPSA) is 49.4 Å². The Hall–Kier alpha value is -1.84. The summed E-state index contributed by atoms with van der Waals surface area (Å²) in [7, 11) is 0. The van der Waals surface area contributed by atoms with Crippen LogP contribution in [-0.2, 0) is 16.1 Å². The Balaban J connectivity index is 2.12. The molecule has 0 aliphatic carbocycles. The average Bonchev–Trinajstić information content (AvgIpc) is 2.38. The number of benzene rings is 1. The summed E-state index contributed by atoms with van der Waals surface area (Å²) < 4.78 is 0. The normalized spacial score (nSPS) is 19.5. The third kappa shape index (κ3) is 3.13. The molecule has 4 heteroatoms. The van der Waals surface area contributed by atoms with Crippen LogP contribution in [0.2, 0.25) is 0 Å². The molecule has 4 nitrogen and oxygen atoms in total. The predicted octanol–water partition coefficient (Wildman–Crippen LogP) is 1.62. The number of carbonyl (C=O) groups excluding carboxylic acids is 2. The maximum Gasteiger partial charge on any atom is 0.245 e. The summed E-state index contributed by atoms with van der Waals surface area (Å²) in [5.41, 5.74) is 2.24. The van der Waals surface area contributed by atoms with Gasteiger partial charge in [0.25, 0.3) is 0 Å². The zero-order valence-corrected chi connectivity index (χ0v) is 11.5. The van der Waals surface area contributed by atoms with Crippen molar-refractivity contribution in [1.82, 2.24) is 10.2 Å². The molecule has 0 radical (unpaired) electrons. The number of hydrogen-bond acceptors (Lipinski definition) is 2. The highest BCUT2D eigenvalue weighted by Gasteiger charge is 2.31. The van der Waals surface area contributed by atoms with Gasteiger partial charge in [0.05, 0.1) is 6.54 Å². The first-order valence-electron chi connectivity index (χ1n) is 6.74. The molecule has 102 valence electrons. The summed E-state index contributed by atoms with van der Waals surface area (Å²) in [6.07, 6.45) is 1.59. The van der Waals surface area contributed by atoms with Crippen LogP contribution in [0.3, 0.4) is 0 Å². The number of piperazine rings is 1. The van der Waals surface area contributed by atoms with Crippen molar-refractivity contribution in [1.29, 1.82) is 0 Å². The molecule has 19 heavy (non-hydrogen) atoms. The van der Waals surface area contributed by atoms with Crippen molar-refractivity contribution >= 4 is 11.8 Å². The monoisotopic (exact) mass is 260 g/mol. The highest BCUT2D eigenvalue weighted by atomic mass is 16.2. The number of amides is 2. The summed E-state index contributed by atoms with van der Waals surface area (Å²) in [5, 5.41) is 2.77.